The molecule has 0 unspecified atom stereocenters. The van der Waals surface area contributed by atoms with Gasteiger partial charge in [-0.2, -0.15) is 23.4 Å². The molecule has 1 saturated heterocycles. The third-order valence-corrected chi connectivity index (χ3v) is 3.93. The predicted octanol–water partition coefficient (Wildman–Crippen LogP) is 2.38. The van der Waals surface area contributed by atoms with Crippen LogP contribution in [0.1, 0.15) is 36.7 Å². The first kappa shape index (κ1) is 15.6. The average molecular weight is 327 g/mol. The molecule has 1 amide bonds. The number of aromatic amines is 1. The third-order valence-electron chi connectivity index (χ3n) is 3.93. The van der Waals surface area contributed by atoms with E-state index in [-0.39, 0.29) is 18.5 Å². The molecular weight excluding hydrogens is 311 g/mol. The molecule has 2 aromatic rings. The lowest BCUT2D eigenvalue weighted by atomic mass is 9.99. The largest absolute Gasteiger partial charge is 0.435 e. The Morgan fingerprint density at radius 3 is 2.83 bits per heavy atom. The molecule has 0 aromatic carbocycles. The maximum absolute atomic E-state index is 12.6. The molecule has 1 fully saturated rings. The summed E-state index contributed by atoms with van der Waals surface area (Å²) in [7, 11) is 0. The van der Waals surface area contributed by atoms with Crippen LogP contribution in [-0.2, 0) is 17.5 Å². The summed E-state index contributed by atoms with van der Waals surface area (Å²) in [5.74, 6) is -0.249. The Hall–Kier alpha value is -2.32. The standard InChI is InChI=1S/C14H16F3N5O/c15-14(16,17)12-5-8-21(20-12)9-13(23)22-7-2-1-3-11(22)10-4-6-18-19-10/h4-6,8,11H,1-3,7,9H2,(H,18,19)/t11-/m0/s1. The van der Waals surface area contributed by atoms with Crippen molar-refractivity contribution in [2.75, 3.05) is 6.54 Å². The number of aromatic nitrogens is 4. The zero-order valence-electron chi connectivity index (χ0n) is 12.3. The van der Waals surface area contributed by atoms with Crippen molar-refractivity contribution in [1.82, 2.24) is 24.9 Å². The minimum absolute atomic E-state index is 0.114. The number of hydrogen-bond acceptors (Lipinski definition) is 3. The summed E-state index contributed by atoms with van der Waals surface area (Å²) >= 11 is 0. The van der Waals surface area contributed by atoms with Crippen molar-refractivity contribution in [2.45, 2.75) is 38.0 Å². The number of piperidine rings is 1. The van der Waals surface area contributed by atoms with Crippen LogP contribution in [0.15, 0.2) is 24.5 Å². The highest BCUT2D eigenvalue weighted by atomic mass is 19.4. The molecule has 0 aliphatic carbocycles. The molecule has 0 bridgehead atoms. The number of H-pyrrole nitrogens is 1. The second-order valence-corrected chi connectivity index (χ2v) is 5.51. The van der Waals surface area contributed by atoms with E-state index in [4.69, 9.17) is 0 Å². The number of halogens is 3. The number of amides is 1. The van der Waals surface area contributed by atoms with Gasteiger partial charge in [-0.05, 0) is 31.4 Å². The maximum Gasteiger partial charge on any atom is 0.435 e. The Morgan fingerprint density at radius 2 is 2.17 bits per heavy atom. The first-order valence-corrected chi connectivity index (χ1v) is 7.34. The highest BCUT2D eigenvalue weighted by Gasteiger charge is 2.34. The van der Waals surface area contributed by atoms with E-state index >= 15 is 0 Å². The molecule has 0 saturated carbocycles. The van der Waals surface area contributed by atoms with Crippen LogP contribution >= 0.6 is 0 Å². The molecule has 6 nitrogen and oxygen atoms in total. The number of carbonyl (C=O) groups is 1. The van der Waals surface area contributed by atoms with E-state index in [9.17, 15) is 18.0 Å². The molecule has 3 rings (SSSR count). The van der Waals surface area contributed by atoms with Crippen LogP contribution in [-0.4, -0.2) is 37.3 Å². The van der Waals surface area contributed by atoms with Crippen LogP contribution in [0.2, 0.25) is 0 Å². The van der Waals surface area contributed by atoms with Gasteiger partial charge >= 0.3 is 6.18 Å². The van der Waals surface area contributed by atoms with Gasteiger partial charge in [0.1, 0.15) is 6.54 Å². The second kappa shape index (κ2) is 6.05. The number of hydrogen-bond donors (Lipinski definition) is 1. The molecule has 9 heteroatoms. The molecule has 0 spiro atoms. The van der Waals surface area contributed by atoms with E-state index in [1.807, 2.05) is 6.07 Å². The summed E-state index contributed by atoms with van der Waals surface area (Å²) in [5.41, 5.74) is -0.149. The van der Waals surface area contributed by atoms with E-state index in [0.717, 1.165) is 35.7 Å². The zero-order valence-corrected chi connectivity index (χ0v) is 12.3. The fourth-order valence-corrected chi connectivity index (χ4v) is 2.84. The highest BCUT2D eigenvalue weighted by molar-refractivity contribution is 5.76. The normalized spacial score (nSPS) is 19.1. The van der Waals surface area contributed by atoms with Crippen molar-refractivity contribution in [3.05, 3.63) is 35.9 Å². The van der Waals surface area contributed by atoms with E-state index in [2.05, 4.69) is 15.3 Å². The first-order chi connectivity index (χ1) is 10.9. The first-order valence-electron chi connectivity index (χ1n) is 7.34. The minimum atomic E-state index is -4.50. The number of nitrogens with zero attached hydrogens (tertiary/aromatic N) is 4. The average Bonchev–Trinajstić information content (AvgIpc) is 3.18. The number of nitrogens with one attached hydrogen (secondary N) is 1. The van der Waals surface area contributed by atoms with Crippen LogP contribution < -0.4 is 0 Å². The molecular formula is C14H16F3N5O. The van der Waals surface area contributed by atoms with Crippen LogP contribution in [0, 0.1) is 0 Å². The van der Waals surface area contributed by atoms with Crippen LogP contribution in [0.3, 0.4) is 0 Å². The second-order valence-electron chi connectivity index (χ2n) is 5.51. The lowest BCUT2D eigenvalue weighted by Gasteiger charge is -2.35. The number of alkyl halides is 3. The van der Waals surface area contributed by atoms with Crippen LogP contribution in [0.4, 0.5) is 13.2 Å². The third kappa shape index (κ3) is 3.38. The summed E-state index contributed by atoms with van der Waals surface area (Å²) in [6.45, 7) is 0.372. The quantitative estimate of drug-likeness (QED) is 0.941. The Labute approximate surface area is 130 Å². The molecule has 1 atom stereocenters. The smallest absolute Gasteiger partial charge is 0.333 e. The Kier molecular flexibility index (Phi) is 4.10. The van der Waals surface area contributed by atoms with Gasteiger partial charge in [0.15, 0.2) is 5.69 Å². The molecule has 1 N–H and O–H groups in total. The fraction of sp³-hybridized carbons (Fsp3) is 0.500. The van der Waals surface area contributed by atoms with Crippen molar-refractivity contribution in [3.63, 3.8) is 0 Å². The number of rotatable bonds is 3. The molecule has 124 valence electrons. The van der Waals surface area contributed by atoms with Crippen molar-refractivity contribution in [1.29, 1.82) is 0 Å². The molecule has 2 aromatic heterocycles. The van der Waals surface area contributed by atoms with Crippen molar-refractivity contribution >= 4 is 5.91 Å². The molecule has 3 heterocycles. The lowest BCUT2D eigenvalue weighted by molar-refractivity contribution is -0.142. The van der Waals surface area contributed by atoms with Gasteiger partial charge in [-0.15, -0.1) is 0 Å². The Morgan fingerprint density at radius 1 is 1.35 bits per heavy atom. The molecule has 0 radical (unpaired) electrons. The van der Waals surface area contributed by atoms with Gasteiger partial charge in [0, 0.05) is 18.9 Å². The Bertz CT molecular complexity index is 664. The van der Waals surface area contributed by atoms with Gasteiger partial charge in [-0.1, -0.05) is 0 Å². The minimum Gasteiger partial charge on any atom is -0.333 e. The zero-order chi connectivity index (χ0) is 16.4. The van der Waals surface area contributed by atoms with Crippen LogP contribution in [0.25, 0.3) is 0 Å². The fourth-order valence-electron chi connectivity index (χ4n) is 2.84. The number of carbonyl (C=O) groups excluding carboxylic acids is 1. The topological polar surface area (TPSA) is 66.8 Å². The van der Waals surface area contributed by atoms with Gasteiger partial charge < -0.3 is 4.90 Å². The maximum atomic E-state index is 12.6. The molecule has 1 aliphatic rings. The van der Waals surface area contributed by atoms with Gasteiger partial charge in [0.25, 0.3) is 0 Å². The molecule has 23 heavy (non-hydrogen) atoms. The summed E-state index contributed by atoms with van der Waals surface area (Å²) in [4.78, 5) is 14.2. The monoisotopic (exact) mass is 327 g/mol. The van der Waals surface area contributed by atoms with E-state index in [1.54, 1.807) is 11.1 Å². The van der Waals surface area contributed by atoms with Gasteiger partial charge in [0.2, 0.25) is 5.91 Å². The van der Waals surface area contributed by atoms with E-state index in [0.29, 0.717) is 6.54 Å². The highest BCUT2D eigenvalue weighted by Crippen LogP contribution is 2.30. The number of likely N-dealkylation sites (tertiary alicyclic amines) is 1. The van der Waals surface area contributed by atoms with Gasteiger partial charge in [-0.3, -0.25) is 14.6 Å². The van der Waals surface area contributed by atoms with Crippen molar-refractivity contribution in [3.8, 4) is 0 Å². The Balaban J connectivity index is 1.72. The predicted molar refractivity (Wildman–Crippen MR) is 74.1 cm³/mol. The lowest BCUT2D eigenvalue weighted by Crippen LogP contribution is -2.40. The van der Waals surface area contributed by atoms with Crippen molar-refractivity contribution in [2.24, 2.45) is 0 Å². The SMILES string of the molecule is O=C(Cn1ccc(C(F)(F)F)n1)N1CCCC[C@H]1c1ccn[nH]1. The summed E-state index contributed by atoms with van der Waals surface area (Å²) < 4.78 is 38.7. The van der Waals surface area contributed by atoms with Crippen molar-refractivity contribution < 1.29 is 18.0 Å². The van der Waals surface area contributed by atoms with Gasteiger partial charge in [-0.25, -0.2) is 0 Å². The summed E-state index contributed by atoms with van der Waals surface area (Å²) in [6.07, 6.45) is 0.973. The van der Waals surface area contributed by atoms with E-state index in [1.165, 1.54) is 6.20 Å². The van der Waals surface area contributed by atoms with E-state index < -0.39 is 11.9 Å². The molecule has 1 aliphatic heterocycles. The summed E-state index contributed by atoms with van der Waals surface area (Å²) in [5, 5.41) is 10.2. The van der Waals surface area contributed by atoms with Crippen LogP contribution in [0.5, 0.6) is 0 Å². The summed E-state index contributed by atoms with van der Waals surface area (Å²) in [6, 6.07) is 2.57. The van der Waals surface area contributed by atoms with Gasteiger partial charge in [0.05, 0.1) is 11.7 Å².